The first kappa shape index (κ1) is 15.4. The topological polar surface area (TPSA) is 30.5 Å². The second kappa shape index (κ2) is 7.65. The Balaban J connectivity index is 1.80. The Kier molecular flexibility index (Phi) is 5.61. The number of nitrogens with one attached hydrogen (secondary N) is 1. The van der Waals surface area contributed by atoms with E-state index in [1.807, 2.05) is 0 Å². The van der Waals surface area contributed by atoms with E-state index in [1.54, 1.807) is 0 Å². The quantitative estimate of drug-likeness (QED) is 0.897. The molecule has 0 amide bonds. The fourth-order valence-corrected chi connectivity index (χ4v) is 5.59. The minimum Gasteiger partial charge on any atom is -0.486 e. The lowest BCUT2D eigenvalue weighted by Crippen LogP contribution is -2.34. The molecule has 1 aromatic rings. The molecule has 116 valence electrons. The maximum Gasteiger partial charge on any atom is 0.161 e. The Hall–Kier alpha value is -0.520. The maximum atomic E-state index is 5.74. The zero-order valence-electron chi connectivity index (χ0n) is 12.5. The number of benzene rings is 1. The lowest BCUT2D eigenvalue weighted by atomic mass is 10.0. The van der Waals surface area contributed by atoms with Crippen LogP contribution in [-0.2, 0) is 0 Å². The molecular weight excluding hydrogens is 302 g/mol. The van der Waals surface area contributed by atoms with E-state index < -0.39 is 0 Å². The average Bonchev–Trinajstić information content (AvgIpc) is 2.56. The summed E-state index contributed by atoms with van der Waals surface area (Å²) in [7, 11) is 0. The summed E-state index contributed by atoms with van der Waals surface area (Å²) in [4.78, 5) is 0. The van der Waals surface area contributed by atoms with Crippen LogP contribution in [0.1, 0.15) is 24.9 Å². The minimum absolute atomic E-state index is 0.401. The van der Waals surface area contributed by atoms with Crippen LogP contribution in [0.5, 0.6) is 11.5 Å². The maximum absolute atomic E-state index is 5.74. The molecule has 0 bridgehead atoms. The van der Waals surface area contributed by atoms with Gasteiger partial charge >= 0.3 is 0 Å². The van der Waals surface area contributed by atoms with Crippen molar-refractivity contribution in [2.24, 2.45) is 0 Å². The monoisotopic (exact) mass is 325 g/mol. The van der Waals surface area contributed by atoms with E-state index in [9.17, 15) is 0 Å². The van der Waals surface area contributed by atoms with E-state index in [-0.39, 0.29) is 0 Å². The van der Waals surface area contributed by atoms with Gasteiger partial charge in [0.1, 0.15) is 13.2 Å². The number of hydrogen-bond acceptors (Lipinski definition) is 5. The minimum atomic E-state index is 0.401. The number of thioether (sulfide) groups is 2. The van der Waals surface area contributed by atoms with E-state index in [1.165, 1.54) is 22.8 Å². The van der Waals surface area contributed by atoms with Crippen molar-refractivity contribution in [3.05, 3.63) is 23.8 Å². The van der Waals surface area contributed by atoms with Gasteiger partial charge < -0.3 is 14.8 Å². The zero-order valence-corrected chi connectivity index (χ0v) is 14.1. The Morgan fingerprint density at radius 2 is 2.10 bits per heavy atom. The summed E-state index contributed by atoms with van der Waals surface area (Å²) in [6, 6.07) is 6.83. The first-order valence-corrected chi connectivity index (χ1v) is 9.91. The normalized spacial score (nSPS) is 22.8. The molecular formula is C16H23NO2S2. The first-order chi connectivity index (χ1) is 10.4. The van der Waals surface area contributed by atoms with Crippen LogP contribution in [-0.4, -0.2) is 42.3 Å². The van der Waals surface area contributed by atoms with Crippen molar-refractivity contribution in [1.29, 1.82) is 0 Å². The molecule has 2 heterocycles. The number of hydrogen-bond donors (Lipinski definition) is 1. The molecule has 21 heavy (non-hydrogen) atoms. The van der Waals surface area contributed by atoms with Crippen LogP contribution in [0.4, 0.5) is 0 Å². The fourth-order valence-electron chi connectivity index (χ4n) is 2.72. The van der Waals surface area contributed by atoms with E-state index in [2.05, 4.69) is 54.0 Å². The van der Waals surface area contributed by atoms with Crippen molar-refractivity contribution in [3.8, 4) is 11.5 Å². The third-order valence-corrected chi connectivity index (χ3v) is 6.62. The van der Waals surface area contributed by atoms with Crippen LogP contribution in [0.15, 0.2) is 18.2 Å². The standard InChI is InChI=1S/C16H23NO2S2/c1-2-5-17-16(15-11-20-8-9-21-15)12-3-4-13-14(10-12)19-7-6-18-13/h3-4,10,15-17H,2,5-9,11H2,1H3. The van der Waals surface area contributed by atoms with Gasteiger partial charge in [-0.25, -0.2) is 0 Å². The van der Waals surface area contributed by atoms with Gasteiger partial charge in [0.05, 0.1) is 0 Å². The summed E-state index contributed by atoms with van der Waals surface area (Å²) < 4.78 is 11.4. The summed E-state index contributed by atoms with van der Waals surface area (Å²) in [5, 5.41) is 4.37. The predicted octanol–water partition coefficient (Wildman–Crippen LogP) is 3.35. The van der Waals surface area contributed by atoms with Gasteiger partial charge in [0.25, 0.3) is 0 Å². The highest BCUT2D eigenvalue weighted by atomic mass is 32.2. The van der Waals surface area contributed by atoms with Crippen LogP contribution < -0.4 is 14.8 Å². The van der Waals surface area contributed by atoms with Gasteiger partial charge in [0.15, 0.2) is 11.5 Å². The van der Waals surface area contributed by atoms with Gasteiger partial charge in [-0.1, -0.05) is 13.0 Å². The van der Waals surface area contributed by atoms with E-state index in [0.717, 1.165) is 24.5 Å². The van der Waals surface area contributed by atoms with Crippen LogP contribution in [0.3, 0.4) is 0 Å². The zero-order chi connectivity index (χ0) is 14.5. The van der Waals surface area contributed by atoms with E-state index >= 15 is 0 Å². The molecule has 0 aliphatic carbocycles. The average molecular weight is 325 g/mol. The third kappa shape index (κ3) is 3.82. The van der Waals surface area contributed by atoms with Crippen molar-refractivity contribution in [3.63, 3.8) is 0 Å². The predicted molar refractivity (Wildman–Crippen MR) is 92.0 cm³/mol. The van der Waals surface area contributed by atoms with E-state index in [4.69, 9.17) is 9.47 Å². The molecule has 0 aromatic heterocycles. The van der Waals surface area contributed by atoms with Crippen molar-refractivity contribution < 1.29 is 9.47 Å². The Morgan fingerprint density at radius 1 is 1.24 bits per heavy atom. The molecule has 1 N–H and O–H groups in total. The molecule has 1 fully saturated rings. The highest BCUT2D eigenvalue weighted by molar-refractivity contribution is 8.06. The van der Waals surface area contributed by atoms with Crippen molar-refractivity contribution in [1.82, 2.24) is 5.32 Å². The molecule has 2 atom stereocenters. The molecule has 2 aliphatic heterocycles. The van der Waals surface area contributed by atoms with Gasteiger partial charge in [0.2, 0.25) is 0 Å². The molecule has 0 spiro atoms. The summed E-state index contributed by atoms with van der Waals surface area (Å²) in [6.45, 7) is 4.58. The lowest BCUT2D eigenvalue weighted by molar-refractivity contribution is 0.171. The fraction of sp³-hybridized carbons (Fsp3) is 0.625. The van der Waals surface area contributed by atoms with Gasteiger partial charge in [-0.15, -0.1) is 0 Å². The molecule has 2 aliphatic rings. The SMILES string of the molecule is CCCNC(c1ccc2c(c1)OCCO2)C1CSCCS1. The molecule has 2 unspecified atom stereocenters. The van der Waals surface area contributed by atoms with Crippen molar-refractivity contribution in [2.45, 2.75) is 24.6 Å². The molecule has 0 radical (unpaired) electrons. The van der Waals surface area contributed by atoms with Crippen molar-refractivity contribution in [2.75, 3.05) is 37.0 Å². The highest BCUT2D eigenvalue weighted by Gasteiger charge is 2.26. The third-order valence-electron chi connectivity index (χ3n) is 3.75. The highest BCUT2D eigenvalue weighted by Crippen LogP contribution is 2.38. The second-order valence-corrected chi connectivity index (χ2v) is 7.82. The van der Waals surface area contributed by atoms with Crippen LogP contribution >= 0.6 is 23.5 Å². The summed E-state index contributed by atoms with van der Waals surface area (Å²) in [5.41, 5.74) is 1.33. The van der Waals surface area contributed by atoms with Crippen LogP contribution in [0.2, 0.25) is 0 Å². The van der Waals surface area contributed by atoms with Gasteiger partial charge in [0, 0.05) is 28.6 Å². The molecule has 3 rings (SSSR count). The first-order valence-electron chi connectivity index (χ1n) is 7.70. The molecule has 0 saturated carbocycles. The van der Waals surface area contributed by atoms with Crippen LogP contribution in [0, 0.1) is 0 Å². The number of rotatable bonds is 5. The number of fused-ring (bicyclic) bond motifs is 1. The summed E-state index contributed by atoms with van der Waals surface area (Å²) in [5.74, 6) is 5.54. The second-order valence-electron chi connectivity index (χ2n) is 5.32. The molecule has 1 saturated heterocycles. The summed E-state index contributed by atoms with van der Waals surface area (Å²) in [6.07, 6.45) is 1.16. The Morgan fingerprint density at radius 3 is 2.86 bits per heavy atom. The molecule has 3 nitrogen and oxygen atoms in total. The molecule has 1 aromatic carbocycles. The molecule has 5 heteroatoms. The van der Waals surface area contributed by atoms with Crippen molar-refractivity contribution >= 4 is 23.5 Å². The summed E-state index contributed by atoms with van der Waals surface area (Å²) >= 11 is 4.17. The van der Waals surface area contributed by atoms with E-state index in [0.29, 0.717) is 24.5 Å². The Labute approximate surface area is 135 Å². The van der Waals surface area contributed by atoms with Crippen LogP contribution in [0.25, 0.3) is 0 Å². The lowest BCUT2D eigenvalue weighted by Gasteiger charge is -2.31. The Bertz CT molecular complexity index is 464. The van der Waals surface area contributed by atoms with Gasteiger partial charge in [-0.2, -0.15) is 23.5 Å². The van der Waals surface area contributed by atoms with Gasteiger partial charge in [-0.3, -0.25) is 0 Å². The van der Waals surface area contributed by atoms with Gasteiger partial charge in [-0.05, 0) is 30.7 Å². The number of ether oxygens (including phenoxy) is 2. The smallest absolute Gasteiger partial charge is 0.161 e. The largest absolute Gasteiger partial charge is 0.486 e.